The molecule has 322 valence electrons. The van der Waals surface area contributed by atoms with E-state index in [4.69, 9.17) is 29.4 Å². The molecule has 5 aliphatic heterocycles. The SMILES string of the molecule is CCO[C@H]1CN(C)C(=O)[C@@H]2C[C@@H](CN2c2nc(N3[C@@H]4CC(O)N(C5CC5)C[C@H]3C4)nc3c2cnn3-c2ccc(F)cc2F)Oc2nccc(n2)-c2cc(F)cc3nc(C)n(c23)C1. The molecular formula is C43H45F3N12O4. The topological polar surface area (TPSA) is 156 Å². The Morgan fingerprint density at radius 3 is 2.58 bits per heavy atom. The van der Waals surface area contributed by atoms with Gasteiger partial charge < -0.3 is 33.8 Å². The molecule has 1 amide bonds. The molecule has 1 N–H and O–H groups in total. The molecule has 6 aliphatic rings. The Bertz CT molecular complexity index is 2750. The maximum Gasteiger partial charge on any atom is 0.317 e. The van der Waals surface area contributed by atoms with Crippen molar-refractivity contribution in [2.75, 3.05) is 43.1 Å². The Morgan fingerprint density at radius 2 is 1.77 bits per heavy atom. The number of aryl methyl sites for hydroxylation is 1. The van der Waals surface area contributed by atoms with Crippen molar-refractivity contribution in [2.45, 2.75) is 95.1 Å². The number of halogens is 3. The Balaban J connectivity index is 1.04. The van der Waals surface area contributed by atoms with Gasteiger partial charge in [-0.05, 0) is 57.4 Å². The number of aromatic nitrogens is 8. The smallest absolute Gasteiger partial charge is 0.317 e. The largest absolute Gasteiger partial charge is 0.458 e. The van der Waals surface area contributed by atoms with Crippen molar-refractivity contribution in [1.29, 1.82) is 0 Å². The normalized spacial score (nSPS) is 25.5. The number of benzene rings is 2. The summed E-state index contributed by atoms with van der Waals surface area (Å²) in [5.41, 5.74) is 2.36. The second-order valence-electron chi connectivity index (χ2n) is 17.1. The number of carbonyl (C=O) groups is 1. The van der Waals surface area contributed by atoms with Gasteiger partial charge in [0.1, 0.15) is 47.3 Å². The number of aliphatic hydroxyl groups excluding tert-OH is 1. The van der Waals surface area contributed by atoms with Gasteiger partial charge in [0.25, 0.3) is 0 Å². The molecule has 6 bridgehead atoms. The zero-order chi connectivity index (χ0) is 42.6. The number of hydrogen-bond donors (Lipinski definition) is 1. The maximum atomic E-state index is 15.5. The first-order valence-electron chi connectivity index (χ1n) is 21.2. The van der Waals surface area contributed by atoms with E-state index in [1.54, 1.807) is 24.2 Å². The van der Waals surface area contributed by atoms with Gasteiger partial charge >= 0.3 is 6.01 Å². The van der Waals surface area contributed by atoms with Crippen LogP contribution in [0.15, 0.2) is 48.8 Å². The van der Waals surface area contributed by atoms with E-state index in [0.29, 0.717) is 77.4 Å². The van der Waals surface area contributed by atoms with Gasteiger partial charge in [-0.2, -0.15) is 20.1 Å². The number of hydrogen-bond acceptors (Lipinski definition) is 13. The van der Waals surface area contributed by atoms with E-state index in [-0.39, 0.29) is 54.8 Å². The number of carbonyl (C=O) groups excluding carboxylic acids is 1. The molecule has 16 nitrogen and oxygen atoms in total. The predicted molar refractivity (Wildman–Crippen MR) is 220 cm³/mol. The molecular weight excluding hydrogens is 806 g/mol. The predicted octanol–water partition coefficient (Wildman–Crippen LogP) is 4.39. The molecule has 1 saturated carbocycles. The van der Waals surface area contributed by atoms with Gasteiger partial charge in [0.15, 0.2) is 11.5 Å². The average Bonchev–Trinajstić information content (AvgIpc) is 3.83. The number of imidazole rings is 1. The van der Waals surface area contributed by atoms with Crippen LogP contribution in [0.3, 0.4) is 0 Å². The lowest BCUT2D eigenvalue weighted by Crippen LogP contribution is -2.58. The maximum absolute atomic E-state index is 15.5. The number of anilines is 2. The molecule has 19 heteroatoms. The summed E-state index contributed by atoms with van der Waals surface area (Å²) in [6, 6.07) is 7.34. The van der Waals surface area contributed by atoms with Gasteiger partial charge in [0.05, 0.1) is 47.5 Å². The van der Waals surface area contributed by atoms with E-state index < -0.39 is 41.9 Å². The molecule has 2 aromatic carbocycles. The number of fused-ring (bicyclic) bond motifs is 9. The highest BCUT2D eigenvalue weighted by Gasteiger charge is 2.50. The van der Waals surface area contributed by atoms with Gasteiger partial charge in [-0.3, -0.25) is 9.69 Å². The van der Waals surface area contributed by atoms with Crippen LogP contribution >= 0.6 is 0 Å². The van der Waals surface area contributed by atoms with E-state index in [1.807, 2.05) is 23.3 Å². The molecule has 4 aromatic heterocycles. The van der Waals surface area contributed by atoms with Crippen molar-refractivity contribution in [3.05, 3.63) is 72.1 Å². The first kappa shape index (κ1) is 39.0. The quantitative estimate of drug-likeness (QED) is 0.252. The zero-order valence-corrected chi connectivity index (χ0v) is 34.4. The molecule has 1 unspecified atom stereocenters. The highest BCUT2D eigenvalue weighted by molar-refractivity contribution is 5.94. The summed E-state index contributed by atoms with van der Waals surface area (Å²) < 4.78 is 61.0. The molecule has 0 radical (unpaired) electrons. The Hall–Kier alpha value is -5.92. The molecule has 5 fully saturated rings. The molecule has 6 aromatic rings. The first-order valence-corrected chi connectivity index (χ1v) is 21.2. The Morgan fingerprint density at radius 1 is 0.919 bits per heavy atom. The lowest BCUT2D eigenvalue weighted by molar-refractivity contribution is -0.133. The summed E-state index contributed by atoms with van der Waals surface area (Å²) in [5, 5.41) is 16.3. The second kappa shape index (κ2) is 14.9. The van der Waals surface area contributed by atoms with Gasteiger partial charge in [0, 0.05) is 81.6 Å². The second-order valence-corrected chi connectivity index (χ2v) is 17.1. The van der Waals surface area contributed by atoms with Crippen LogP contribution in [0.4, 0.5) is 24.9 Å². The van der Waals surface area contributed by atoms with Crippen molar-refractivity contribution in [3.63, 3.8) is 0 Å². The fourth-order valence-corrected chi connectivity index (χ4v) is 10.1. The van der Waals surface area contributed by atoms with Crippen molar-refractivity contribution in [3.8, 4) is 23.0 Å². The molecule has 1 aliphatic carbocycles. The lowest BCUT2D eigenvalue weighted by Gasteiger charge is -2.47. The Labute approximate surface area is 353 Å². The number of nitrogens with zero attached hydrogens (tertiary/aromatic N) is 12. The molecule has 12 rings (SSSR count). The van der Waals surface area contributed by atoms with E-state index in [2.05, 4.69) is 19.9 Å². The van der Waals surface area contributed by atoms with Crippen LogP contribution in [0.1, 0.15) is 44.9 Å². The standard InChI is InChI=1S/C43H45F3N12O4/c1-4-61-29-19-53(3)41(60)36-16-28(62-43-47-10-9-33(50-43)30-11-24(45)13-34-38(30)54(21-29)22(2)49-34)20-56(36)39-31-17-48-58(35-8-5-23(44)12-32(35)46)40(31)52-42(51-39)57-26-14-27(57)18-55(25-6-7-25)37(59)15-26/h5,8-13,17,25-29,36-37,59H,4,6-7,14-16,18-21H2,1-3H3/t26-,27+,28-,29-,36-,37?/m0/s1. The first-order chi connectivity index (χ1) is 30.0. The average molecular weight is 851 g/mol. The lowest BCUT2D eigenvalue weighted by atomic mass is 9.92. The Kier molecular flexibility index (Phi) is 9.35. The minimum Gasteiger partial charge on any atom is -0.458 e. The minimum absolute atomic E-state index is 0.00403. The summed E-state index contributed by atoms with van der Waals surface area (Å²) in [6.07, 6.45) is 5.06. The van der Waals surface area contributed by atoms with Gasteiger partial charge in [-0.25, -0.2) is 27.8 Å². The third-order valence-corrected chi connectivity index (χ3v) is 13.0. The van der Waals surface area contributed by atoms with E-state index in [9.17, 15) is 14.3 Å². The monoisotopic (exact) mass is 850 g/mol. The van der Waals surface area contributed by atoms with E-state index >= 15 is 8.78 Å². The zero-order valence-electron chi connectivity index (χ0n) is 34.4. The molecule has 0 spiro atoms. The highest BCUT2D eigenvalue weighted by Crippen LogP contribution is 2.43. The minimum atomic E-state index is -0.821. The van der Waals surface area contributed by atoms with Crippen LogP contribution < -0.4 is 14.5 Å². The summed E-state index contributed by atoms with van der Waals surface area (Å²) >= 11 is 0. The van der Waals surface area contributed by atoms with Gasteiger partial charge in [-0.15, -0.1) is 0 Å². The van der Waals surface area contributed by atoms with Crippen LogP contribution in [0.25, 0.3) is 39.0 Å². The number of amides is 1. The molecule has 9 heterocycles. The van der Waals surface area contributed by atoms with Crippen LogP contribution in [-0.4, -0.2) is 136 Å². The van der Waals surface area contributed by atoms with Crippen LogP contribution in [0, 0.1) is 24.4 Å². The van der Waals surface area contributed by atoms with Gasteiger partial charge in [-0.1, -0.05) is 0 Å². The van der Waals surface area contributed by atoms with Crippen LogP contribution in [0.2, 0.25) is 0 Å². The molecule has 62 heavy (non-hydrogen) atoms. The fourth-order valence-electron chi connectivity index (χ4n) is 10.1. The highest BCUT2D eigenvalue weighted by atomic mass is 19.1. The van der Waals surface area contributed by atoms with Crippen molar-refractivity contribution in [2.24, 2.45) is 0 Å². The number of ether oxygens (including phenoxy) is 2. The van der Waals surface area contributed by atoms with E-state index in [0.717, 1.165) is 31.4 Å². The number of likely N-dealkylation sites (N-methyl/N-ethyl adjacent to an activating group) is 1. The third kappa shape index (κ3) is 6.59. The number of aliphatic hydroxyl groups is 1. The van der Waals surface area contributed by atoms with Gasteiger partial charge in [0.2, 0.25) is 11.9 Å². The van der Waals surface area contributed by atoms with E-state index in [1.165, 1.54) is 29.1 Å². The summed E-state index contributed by atoms with van der Waals surface area (Å²) in [4.78, 5) is 46.9. The van der Waals surface area contributed by atoms with Crippen molar-refractivity contribution in [1.82, 2.24) is 49.1 Å². The van der Waals surface area contributed by atoms with Crippen LogP contribution in [0.5, 0.6) is 6.01 Å². The fraction of sp³-hybridized carbons (Fsp3) is 0.465. The number of rotatable bonds is 6. The molecule has 4 saturated heterocycles. The summed E-state index contributed by atoms with van der Waals surface area (Å²) in [7, 11) is 1.74. The van der Waals surface area contributed by atoms with Crippen LogP contribution in [-0.2, 0) is 16.1 Å². The summed E-state index contributed by atoms with van der Waals surface area (Å²) in [5.74, 6) is -0.844. The third-order valence-electron chi connectivity index (χ3n) is 13.0. The molecule has 6 atom stereocenters. The van der Waals surface area contributed by atoms with Crippen molar-refractivity contribution >= 4 is 39.7 Å². The summed E-state index contributed by atoms with van der Waals surface area (Å²) in [6.45, 7) is 5.47. The van der Waals surface area contributed by atoms with Crippen molar-refractivity contribution < 1.29 is 32.5 Å².